The summed E-state index contributed by atoms with van der Waals surface area (Å²) in [6.45, 7) is 0.0624. The van der Waals surface area contributed by atoms with E-state index in [2.05, 4.69) is 15.4 Å². The van der Waals surface area contributed by atoms with Gasteiger partial charge in [0.1, 0.15) is 6.33 Å². The molecule has 0 fully saturated rings. The van der Waals surface area contributed by atoms with E-state index in [0.717, 1.165) is 22.9 Å². The molecule has 0 aliphatic rings. The van der Waals surface area contributed by atoms with E-state index in [4.69, 9.17) is 0 Å². The normalized spacial score (nSPS) is 14.2. The number of likely N-dealkylation sites (N-methyl/N-ethyl adjacent to an activating group) is 1. The van der Waals surface area contributed by atoms with E-state index >= 15 is 0 Å². The number of rotatable bonds is 7. The molecule has 0 saturated heterocycles. The number of aliphatic hydroxyl groups excluding tert-OH is 1. The lowest BCUT2D eigenvalue weighted by Gasteiger charge is -2.32. The minimum Gasteiger partial charge on any atom is -0.394 e. The summed E-state index contributed by atoms with van der Waals surface area (Å²) in [5.74, 6) is 0.850. The maximum absolute atomic E-state index is 9.84. The van der Waals surface area contributed by atoms with Gasteiger partial charge in [-0.05, 0) is 19.0 Å². The van der Waals surface area contributed by atoms with Crippen molar-refractivity contribution in [2.24, 2.45) is 7.05 Å². The van der Waals surface area contributed by atoms with Crippen LogP contribution < -0.4 is 5.32 Å². The summed E-state index contributed by atoms with van der Waals surface area (Å²) in [5, 5.41) is 18.0. The first-order chi connectivity index (χ1) is 9.72. The Morgan fingerprint density at radius 1 is 1.35 bits per heavy atom. The van der Waals surface area contributed by atoms with Crippen LogP contribution in [0.3, 0.4) is 0 Å². The molecule has 108 valence electrons. The summed E-state index contributed by atoms with van der Waals surface area (Å²) in [4.78, 5) is 4.19. The van der Waals surface area contributed by atoms with Crippen LogP contribution in [0.25, 0.3) is 0 Å². The maximum Gasteiger partial charge on any atom is 0.185 e. The number of thioether (sulfide) groups is 1. The van der Waals surface area contributed by atoms with Crippen molar-refractivity contribution in [2.45, 2.75) is 17.1 Å². The third kappa shape index (κ3) is 3.20. The van der Waals surface area contributed by atoms with Gasteiger partial charge < -0.3 is 10.4 Å². The standard InChI is InChI=1S/C14H20N4OS/c1-15-14(10-19,12-6-4-3-5-7-12)8-9-20-13-16-11-17-18(13)2/h3-7,11,15,19H,8-10H2,1-2H3. The quantitative estimate of drug-likeness (QED) is 0.755. The first-order valence-corrected chi connectivity index (χ1v) is 7.52. The van der Waals surface area contributed by atoms with Crippen LogP contribution in [0, 0.1) is 0 Å². The second kappa shape index (κ2) is 6.88. The van der Waals surface area contributed by atoms with E-state index in [-0.39, 0.29) is 6.61 Å². The predicted octanol–water partition coefficient (Wildman–Crippen LogP) is 1.40. The molecule has 0 aliphatic carbocycles. The third-order valence-corrected chi connectivity index (χ3v) is 4.54. The van der Waals surface area contributed by atoms with Gasteiger partial charge in [0.15, 0.2) is 5.16 Å². The molecular weight excluding hydrogens is 272 g/mol. The van der Waals surface area contributed by atoms with Gasteiger partial charge in [-0.25, -0.2) is 9.67 Å². The molecule has 0 amide bonds. The van der Waals surface area contributed by atoms with Crippen LogP contribution in [0.15, 0.2) is 41.8 Å². The van der Waals surface area contributed by atoms with Crippen molar-refractivity contribution < 1.29 is 5.11 Å². The van der Waals surface area contributed by atoms with Crippen molar-refractivity contribution in [3.63, 3.8) is 0 Å². The van der Waals surface area contributed by atoms with Crippen LogP contribution in [0.5, 0.6) is 0 Å². The van der Waals surface area contributed by atoms with E-state index in [1.807, 2.05) is 44.4 Å². The number of nitrogens with zero attached hydrogens (tertiary/aromatic N) is 3. The highest BCUT2D eigenvalue weighted by Gasteiger charge is 2.29. The second-order valence-corrected chi connectivity index (χ2v) is 5.68. The van der Waals surface area contributed by atoms with E-state index in [0.29, 0.717) is 0 Å². The summed E-state index contributed by atoms with van der Waals surface area (Å²) in [6, 6.07) is 10.1. The Balaban J connectivity index is 2.04. The fraction of sp³-hybridized carbons (Fsp3) is 0.429. The van der Waals surface area contributed by atoms with Gasteiger partial charge in [-0.3, -0.25) is 0 Å². The van der Waals surface area contributed by atoms with Crippen molar-refractivity contribution in [3.05, 3.63) is 42.2 Å². The monoisotopic (exact) mass is 292 g/mol. The van der Waals surface area contributed by atoms with Gasteiger partial charge in [0.25, 0.3) is 0 Å². The van der Waals surface area contributed by atoms with Crippen molar-refractivity contribution >= 4 is 11.8 Å². The molecule has 2 rings (SSSR count). The lowest BCUT2D eigenvalue weighted by atomic mass is 9.88. The molecule has 6 heteroatoms. The van der Waals surface area contributed by atoms with Gasteiger partial charge in [0, 0.05) is 12.8 Å². The number of aliphatic hydroxyl groups is 1. The average molecular weight is 292 g/mol. The Bertz CT molecular complexity index is 525. The molecule has 0 saturated carbocycles. The summed E-state index contributed by atoms with van der Waals surface area (Å²) in [5.41, 5.74) is 0.691. The van der Waals surface area contributed by atoms with Gasteiger partial charge in [-0.1, -0.05) is 42.1 Å². The van der Waals surface area contributed by atoms with Crippen LogP contribution >= 0.6 is 11.8 Å². The molecule has 1 aromatic heterocycles. The van der Waals surface area contributed by atoms with Crippen LogP contribution in [0.4, 0.5) is 0 Å². The molecule has 0 bridgehead atoms. The van der Waals surface area contributed by atoms with Gasteiger partial charge in [-0.2, -0.15) is 5.10 Å². The molecule has 5 nitrogen and oxygen atoms in total. The molecule has 1 heterocycles. The maximum atomic E-state index is 9.84. The molecular formula is C14H20N4OS. The highest BCUT2D eigenvalue weighted by molar-refractivity contribution is 7.99. The fourth-order valence-electron chi connectivity index (χ4n) is 2.15. The topological polar surface area (TPSA) is 63.0 Å². The molecule has 1 unspecified atom stereocenters. The molecule has 20 heavy (non-hydrogen) atoms. The number of aromatic nitrogens is 3. The summed E-state index contributed by atoms with van der Waals surface area (Å²) in [6.07, 6.45) is 2.36. The molecule has 2 N–H and O–H groups in total. The van der Waals surface area contributed by atoms with Crippen molar-refractivity contribution in [1.29, 1.82) is 0 Å². The van der Waals surface area contributed by atoms with Gasteiger partial charge in [0.2, 0.25) is 0 Å². The summed E-state index contributed by atoms with van der Waals surface area (Å²) in [7, 11) is 3.76. The smallest absolute Gasteiger partial charge is 0.185 e. The number of nitrogens with one attached hydrogen (secondary N) is 1. The largest absolute Gasteiger partial charge is 0.394 e. The van der Waals surface area contributed by atoms with E-state index in [1.54, 1.807) is 22.8 Å². The Hall–Kier alpha value is -1.37. The first kappa shape index (κ1) is 15.0. The molecule has 0 spiro atoms. The minimum atomic E-state index is -0.410. The Morgan fingerprint density at radius 2 is 2.10 bits per heavy atom. The average Bonchev–Trinajstić information content (AvgIpc) is 2.90. The number of hydrogen-bond acceptors (Lipinski definition) is 5. The fourth-order valence-corrected chi connectivity index (χ4v) is 3.14. The zero-order chi connectivity index (χ0) is 14.4. The van der Waals surface area contributed by atoms with Crippen LogP contribution in [0.2, 0.25) is 0 Å². The second-order valence-electron chi connectivity index (χ2n) is 4.62. The van der Waals surface area contributed by atoms with E-state index in [9.17, 15) is 5.11 Å². The van der Waals surface area contributed by atoms with Crippen LogP contribution in [0.1, 0.15) is 12.0 Å². The number of aryl methyl sites for hydroxylation is 1. The van der Waals surface area contributed by atoms with E-state index in [1.165, 1.54) is 0 Å². The van der Waals surface area contributed by atoms with Crippen molar-refractivity contribution in [2.75, 3.05) is 19.4 Å². The summed E-state index contributed by atoms with van der Waals surface area (Å²) < 4.78 is 1.76. The molecule has 0 radical (unpaired) electrons. The Kier molecular flexibility index (Phi) is 5.17. The third-order valence-electron chi connectivity index (χ3n) is 3.50. The van der Waals surface area contributed by atoms with Gasteiger partial charge in [-0.15, -0.1) is 0 Å². The van der Waals surface area contributed by atoms with Crippen LogP contribution in [-0.4, -0.2) is 39.3 Å². The van der Waals surface area contributed by atoms with Crippen molar-refractivity contribution in [1.82, 2.24) is 20.1 Å². The number of hydrogen-bond donors (Lipinski definition) is 2. The highest BCUT2D eigenvalue weighted by atomic mass is 32.2. The SMILES string of the molecule is CNC(CO)(CCSc1ncnn1C)c1ccccc1. The highest BCUT2D eigenvalue weighted by Crippen LogP contribution is 2.27. The Morgan fingerprint density at radius 3 is 2.65 bits per heavy atom. The zero-order valence-electron chi connectivity index (χ0n) is 11.8. The molecule has 1 aromatic carbocycles. The molecule has 1 atom stereocenters. The lowest BCUT2D eigenvalue weighted by molar-refractivity contribution is 0.165. The first-order valence-electron chi connectivity index (χ1n) is 6.54. The minimum absolute atomic E-state index is 0.0624. The number of benzene rings is 1. The summed E-state index contributed by atoms with van der Waals surface area (Å²) >= 11 is 1.64. The zero-order valence-corrected chi connectivity index (χ0v) is 12.6. The van der Waals surface area contributed by atoms with Gasteiger partial charge >= 0.3 is 0 Å². The van der Waals surface area contributed by atoms with Crippen molar-refractivity contribution in [3.8, 4) is 0 Å². The predicted molar refractivity (Wildman–Crippen MR) is 80.6 cm³/mol. The lowest BCUT2D eigenvalue weighted by Crippen LogP contribution is -2.44. The van der Waals surface area contributed by atoms with Crippen LogP contribution in [-0.2, 0) is 12.6 Å². The van der Waals surface area contributed by atoms with Gasteiger partial charge in [0.05, 0.1) is 12.1 Å². The Labute approximate surface area is 123 Å². The molecule has 2 aromatic rings. The van der Waals surface area contributed by atoms with E-state index < -0.39 is 5.54 Å². The molecule has 0 aliphatic heterocycles.